The van der Waals surface area contributed by atoms with E-state index >= 15 is 0 Å². The van der Waals surface area contributed by atoms with Crippen molar-refractivity contribution in [2.75, 3.05) is 19.5 Å². The van der Waals surface area contributed by atoms with Gasteiger partial charge in [0.1, 0.15) is 17.1 Å². The lowest BCUT2D eigenvalue weighted by atomic mass is 10.0. The van der Waals surface area contributed by atoms with E-state index in [-0.39, 0.29) is 29.7 Å². The lowest BCUT2D eigenvalue weighted by Crippen LogP contribution is -2.31. The van der Waals surface area contributed by atoms with Crippen molar-refractivity contribution in [1.29, 1.82) is 0 Å². The Morgan fingerprint density at radius 2 is 2.09 bits per heavy atom. The standard InChI is InChI=1S/C25H23FN6O3/c1-11(34-2)24-28-10-17-19(32-24)12(7-8-27-17)21-22(29-15-6-4-5-14(26)23(15)35-3)18-20(31-21)13-9-16(13)30-25(18)33/h4-8,10-11,13,16,29,31H,9H2,1-3H3,(H,30,33)/t11-,13+,16-/m0/s1. The molecule has 3 atom stereocenters. The van der Waals surface area contributed by atoms with E-state index in [2.05, 4.69) is 25.6 Å². The fourth-order valence-corrected chi connectivity index (χ4v) is 4.68. The molecular formula is C25H23FN6O3. The zero-order valence-corrected chi connectivity index (χ0v) is 19.3. The van der Waals surface area contributed by atoms with E-state index < -0.39 is 5.82 Å². The maximum atomic E-state index is 14.5. The highest BCUT2D eigenvalue weighted by Gasteiger charge is 2.48. The molecular weight excluding hydrogens is 451 g/mol. The summed E-state index contributed by atoms with van der Waals surface area (Å²) in [4.78, 5) is 30.1. The number of carbonyl (C=O) groups is 1. The fraction of sp³-hybridized carbons (Fsp3) is 0.280. The number of aromatic nitrogens is 4. The minimum Gasteiger partial charge on any atom is -0.492 e. The molecule has 0 bridgehead atoms. The first-order chi connectivity index (χ1) is 17.0. The van der Waals surface area contributed by atoms with E-state index in [1.807, 2.05) is 13.0 Å². The molecule has 10 heteroatoms. The fourth-order valence-electron chi connectivity index (χ4n) is 4.68. The first kappa shape index (κ1) is 21.5. The van der Waals surface area contributed by atoms with Crippen molar-refractivity contribution in [3.05, 3.63) is 59.6 Å². The number of pyridine rings is 1. The largest absolute Gasteiger partial charge is 0.492 e. The number of anilines is 2. The first-order valence-corrected chi connectivity index (χ1v) is 11.3. The lowest BCUT2D eigenvalue weighted by Gasteiger charge is -2.17. The molecule has 4 heterocycles. The van der Waals surface area contributed by atoms with Crippen molar-refractivity contribution >= 4 is 28.3 Å². The molecule has 0 saturated heterocycles. The maximum absolute atomic E-state index is 14.5. The van der Waals surface area contributed by atoms with Crippen LogP contribution in [-0.4, -0.2) is 46.1 Å². The van der Waals surface area contributed by atoms with Gasteiger partial charge in [0.2, 0.25) is 0 Å². The zero-order valence-electron chi connectivity index (χ0n) is 19.3. The van der Waals surface area contributed by atoms with E-state index in [0.717, 1.165) is 17.7 Å². The highest BCUT2D eigenvalue weighted by molar-refractivity contribution is 6.09. The van der Waals surface area contributed by atoms with Gasteiger partial charge in [-0.3, -0.25) is 9.78 Å². The molecule has 1 fully saturated rings. The predicted molar refractivity (Wildman–Crippen MR) is 127 cm³/mol. The molecule has 1 aromatic carbocycles. The Morgan fingerprint density at radius 1 is 1.23 bits per heavy atom. The molecule has 178 valence electrons. The number of fused-ring (bicyclic) bond motifs is 4. The van der Waals surface area contributed by atoms with Gasteiger partial charge in [-0.25, -0.2) is 14.4 Å². The van der Waals surface area contributed by atoms with Gasteiger partial charge < -0.3 is 25.1 Å². The molecule has 1 aliphatic carbocycles. The Balaban J connectivity index is 1.59. The highest BCUT2D eigenvalue weighted by atomic mass is 19.1. The van der Waals surface area contributed by atoms with Crippen molar-refractivity contribution in [2.24, 2.45) is 0 Å². The summed E-state index contributed by atoms with van der Waals surface area (Å²) in [5.74, 6) is 0.105. The van der Waals surface area contributed by atoms with Crippen LogP contribution in [0.1, 0.15) is 47.2 Å². The maximum Gasteiger partial charge on any atom is 0.255 e. The van der Waals surface area contributed by atoms with Gasteiger partial charge in [0.25, 0.3) is 5.91 Å². The number of nitrogens with zero attached hydrogens (tertiary/aromatic N) is 3. The topological polar surface area (TPSA) is 114 Å². The quantitative estimate of drug-likeness (QED) is 0.383. The summed E-state index contributed by atoms with van der Waals surface area (Å²) in [5, 5.41) is 6.33. The third kappa shape index (κ3) is 3.40. The number of rotatable bonds is 6. The normalized spacial score (nSPS) is 19.0. The third-order valence-corrected chi connectivity index (χ3v) is 6.65. The second kappa shape index (κ2) is 8.02. The van der Waals surface area contributed by atoms with Crippen LogP contribution in [0.4, 0.5) is 15.8 Å². The van der Waals surface area contributed by atoms with E-state index in [1.165, 1.54) is 13.2 Å². The van der Waals surface area contributed by atoms with E-state index in [9.17, 15) is 9.18 Å². The summed E-state index contributed by atoms with van der Waals surface area (Å²) in [5.41, 5.74) is 4.91. The number of halogens is 1. The molecule has 4 aromatic rings. The Labute approximate surface area is 200 Å². The molecule has 9 nitrogen and oxygen atoms in total. The SMILES string of the molecule is COc1c(F)cccc1Nc1c(-c2ccnc3cnc([C@H](C)OC)nc23)[nH]c2c1C(=O)N[C@H]1C[C@@H]21. The first-order valence-electron chi connectivity index (χ1n) is 11.3. The molecule has 1 saturated carbocycles. The number of hydrogen-bond donors (Lipinski definition) is 3. The van der Waals surface area contributed by atoms with Crippen LogP contribution in [0.5, 0.6) is 5.75 Å². The van der Waals surface area contributed by atoms with Crippen LogP contribution in [-0.2, 0) is 4.74 Å². The number of H-pyrrole nitrogens is 1. The van der Waals surface area contributed by atoms with Gasteiger partial charge in [-0.15, -0.1) is 0 Å². The molecule has 3 aromatic heterocycles. The molecule has 6 rings (SSSR count). The third-order valence-electron chi connectivity index (χ3n) is 6.65. The van der Waals surface area contributed by atoms with Crippen LogP contribution in [0.3, 0.4) is 0 Å². The summed E-state index contributed by atoms with van der Waals surface area (Å²) in [6.45, 7) is 1.87. The molecule has 35 heavy (non-hydrogen) atoms. The lowest BCUT2D eigenvalue weighted by molar-refractivity contribution is 0.0944. The molecule has 2 aliphatic rings. The molecule has 1 aliphatic heterocycles. The number of carbonyl (C=O) groups excluding carboxylic acids is 1. The number of amides is 1. The van der Waals surface area contributed by atoms with Crippen molar-refractivity contribution in [3.8, 4) is 17.0 Å². The summed E-state index contributed by atoms with van der Waals surface area (Å²) < 4.78 is 25.2. The van der Waals surface area contributed by atoms with Gasteiger partial charge in [0, 0.05) is 36.5 Å². The Hall–Kier alpha value is -4.05. The smallest absolute Gasteiger partial charge is 0.255 e. The van der Waals surface area contributed by atoms with Crippen molar-refractivity contribution < 1.29 is 18.7 Å². The average Bonchev–Trinajstić information content (AvgIpc) is 3.55. The van der Waals surface area contributed by atoms with Crippen molar-refractivity contribution in [2.45, 2.75) is 31.4 Å². The van der Waals surface area contributed by atoms with E-state index in [0.29, 0.717) is 39.5 Å². The molecule has 3 N–H and O–H groups in total. The number of aromatic amines is 1. The highest BCUT2D eigenvalue weighted by Crippen LogP contribution is 2.50. The zero-order chi connectivity index (χ0) is 24.3. The van der Waals surface area contributed by atoms with Crippen LogP contribution in [0, 0.1) is 5.82 Å². The number of methoxy groups -OCH3 is 2. The van der Waals surface area contributed by atoms with Gasteiger partial charge in [-0.1, -0.05) is 6.07 Å². The van der Waals surface area contributed by atoms with Gasteiger partial charge in [0.15, 0.2) is 17.4 Å². The van der Waals surface area contributed by atoms with E-state index in [4.69, 9.17) is 14.5 Å². The number of nitrogens with one attached hydrogen (secondary N) is 3. The van der Waals surface area contributed by atoms with Crippen LogP contribution in [0.2, 0.25) is 0 Å². The average molecular weight is 474 g/mol. The number of benzene rings is 1. The van der Waals surface area contributed by atoms with Gasteiger partial charge in [-0.05, 0) is 31.5 Å². The minimum absolute atomic E-state index is 0.0621. The van der Waals surface area contributed by atoms with Crippen LogP contribution < -0.4 is 15.4 Å². The molecule has 1 amide bonds. The monoisotopic (exact) mass is 474 g/mol. The molecule has 0 spiro atoms. The Bertz CT molecular complexity index is 1490. The van der Waals surface area contributed by atoms with Crippen LogP contribution in [0.25, 0.3) is 22.3 Å². The Kier molecular flexibility index (Phi) is 4.92. The van der Waals surface area contributed by atoms with Crippen LogP contribution >= 0.6 is 0 Å². The number of hydrogen-bond acceptors (Lipinski definition) is 7. The summed E-state index contributed by atoms with van der Waals surface area (Å²) in [6, 6.07) is 6.58. The summed E-state index contributed by atoms with van der Waals surface area (Å²) in [7, 11) is 3.00. The van der Waals surface area contributed by atoms with Gasteiger partial charge in [-0.2, -0.15) is 0 Å². The van der Waals surface area contributed by atoms with Crippen LogP contribution in [0.15, 0.2) is 36.7 Å². The second-order valence-electron chi connectivity index (χ2n) is 8.73. The number of ether oxygens (including phenoxy) is 2. The minimum atomic E-state index is -0.504. The second-order valence-corrected chi connectivity index (χ2v) is 8.73. The van der Waals surface area contributed by atoms with E-state index in [1.54, 1.807) is 31.6 Å². The Morgan fingerprint density at radius 3 is 2.89 bits per heavy atom. The predicted octanol–water partition coefficient (Wildman–Crippen LogP) is 4.22. The van der Waals surface area contributed by atoms with Gasteiger partial charge >= 0.3 is 0 Å². The molecule has 0 unspecified atom stereocenters. The number of para-hydroxylation sites is 1. The molecule has 0 radical (unpaired) electrons. The van der Waals surface area contributed by atoms with Crippen molar-refractivity contribution in [1.82, 2.24) is 25.3 Å². The summed E-state index contributed by atoms with van der Waals surface area (Å²) in [6.07, 6.45) is 3.89. The van der Waals surface area contributed by atoms with Crippen molar-refractivity contribution in [3.63, 3.8) is 0 Å². The van der Waals surface area contributed by atoms with Gasteiger partial charge in [0.05, 0.1) is 35.9 Å². The summed E-state index contributed by atoms with van der Waals surface area (Å²) >= 11 is 0.